The maximum Gasteiger partial charge on any atom is 0.243 e. The van der Waals surface area contributed by atoms with Gasteiger partial charge in [0.05, 0.1) is 12.3 Å². The van der Waals surface area contributed by atoms with E-state index in [9.17, 15) is 9.59 Å². The molecule has 0 saturated carbocycles. The molecule has 0 radical (unpaired) electrons. The number of nitrogens with one attached hydrogen (secondary N) is 2. The molecule has 0 aliphatic heterocycles. The van der Waals surface area contributed by atoms with E-state index in [1.54, 1.807) is 35.6 Å². The average molecular weight is 421 g/mol. The number of fused-ring (bicyclic) bond motifs is 1. The van der Waals surface area contributed by atoms with Crippen molar-refractivity contribution in [1.82, 2.24) is 15.3 Å². The minimum atomic E-state index is -0.301. The van der Waals surface area contributed by atoms with Crippen molar-refractivity contribution in [1.29, 1.82) is 0 Å². The molecule has 0 fully saturated rings. The first kappa shape index (κ1) is 19.6. The van der Waals surface area contributed by atoms with Gasteiger partial charge in [-0.15, -0.1) is 11.3 Å². The van der Waals surface area contributed by atoms with Gasteiger partial charge in [-0.2, -0.15) is 0 Å². The van der Waals surface area contributed by atoms with Crippen molar-refractivity contribution in [3.05, 3.63) is 46.1 Å². The molecule has 0 atom stereocenters. The molecule has 0 saturated heterocycles. The molecular weight excluding hydrogens is 404 g/mol. The highest BCUT2D eigenvalue weighted by atomic mass is 35.5. The maximum atomic E-state index is 12.1. The van der Waals surface area contributed by atoms with Gasteiger partial charge in [0, 0.05) is 21.0 Å². The number of carbonyl (C=O) groups is 2. The molecule has 3 aromatic rings. The SMILES string of the molecule is Cc1sc2ncnc(SCC(=O)NCC(=O)Nc3ccc(Cl)cc3)c2c1C. The minimum absolute atomic E-state index is 0.0994. The second-order valence-corrected chi connectivity index (χ2v) is 8.37. The summed E-state index contributed by atoms with van der Waals surface area (Å²) in [5.41, 5.74) is 1.76. The molecular formula is C18H17ClN4O2S2. The largest absolute Gasteiger partial charge is 0.346 e. The summed E-state index contributed by atoms with van der Waals surface area (Å²) in [6.45, 7) is 3.97. The molecule has 3 rings (SSSR count). The highest BCUT2D eigenvalue weighted by molar-refractivity contribution is 8.00. The Bertz CT molecular complexity index is 989. The van der Waals surface area contributed by atoms with Crippen molar-refractivity contribution in [3.63, 3.8) is 0 Å². The van der Waals surface area contributed by atoms with Gasteiger partial charge in [0.25, 0.3) is 0 Å². The summed E-state index contributed by atoms with van der Waals surface area (Å²) in [7, 11) is 0. The Hall–Kier alpha value is -2.16. The molecule has 0 aliphatic rings. The fourth-order valence-electron chi connectivity index (χ4n) is 2.36. The minimum Gasteiger partial charge on any atom is -0.346 e. The zero-order valence-corrected chi connectivity index (χ0v) is 17.1. The van der Waals surface area contributed by atoms with E-state index in [1.807, 2.05) is 13.8 Å². The highest BCUT2D eigenvalue weighted by Gasteiger charge is 2.14. The van der Waals surface area contributed by atoms with Crippen molar-refractivity contribution in [3.8, 4) is 0 Å². The van der Waals surface area contributed by atoms with Crippen LogP contribution in [-0.2, 0) is 9.59 Å². The number of thiophene rings is 1. The molecule has 140 valence electrons. The summed E-state index contributed by atoms with van der Waals surface area (Å²) in [4.78, 5) is 34.7. The van der Waals surface area contributed by atoms with Gasteiger partial charge in [-0.05, 0) is 43.7 Å². The topological polar surface area (TPSA) is 84.0 Å². The monoisotopic (exact) mass is 420 g/mol. The van der Waals surface area contributed by atoms with E-state index in [1.165, 1.54) is 23.0 Å². The number of hydrogen-bond donors (Lipinski definition) is 2. The van der Waals surface area contributed by atoms with Gasteiger partial charge in [0.15, 0.2) is 0 Å². The summed E-state index contributed by atoms with van der Waals surface area (Å²) in [6, 6.07) is 6.76. The fraction of sp³-hybridized carbons (Fsp3) is 0.222. The van der Waals surface area contributed by atoms with Crippen LogP contribution in [0.4, 0.5) is 5.69 Å². The Kier molecular flexibility index (Phi) is 6.30. The first-order chi connectivity index (χ1) is 12.9. The summed E-state index contributed by atoms with van der Waals surface area (Å²) >= 11 is 8.76. The van der Waals surface area contributed by atoms with Crippen LogP contribution in [-0.4, -0.2) is 34.1 Å². The number of hydrogen-bond acceptors (Lipinski definition) is 6. The van der Waals surface area contributed by atoms with Crippen molar-refractivity contribution >= 4 is 62.4 Å². The van der Waals surface area contributed by atoms with E-state index in [0.29, 0.717) is 10.7 Å². The number of carbonyl (C=O) groups excluding carboxylic acids is 2. The Morgan fingerprint density at radius 1 is 1.15 bits per heavy atom. The van der Waals surface area contributed by atoms with Crippen LogP contribution in [0.5, 0.6) is 0 Å². The number of halogens is 1. The predicted molar refractivity (Wildman–Crippen MR) is 111 cm³/mol. The van der Waals surface area contributed by atoms with Gasteiger partial charge >= 0.3 is 0 Å². The van der Waals surface area contributed by atoms with E-state index >= 15 is 0 Å². The van der Waals surface area contributed by atoms with Crippen LogP contribution in [0.1, 0.15) is 10.4 Å². The number of aromatic nitrogens is 2. The molecule has 27 heavy (non-hydrogen) atoms. The van der Waals surface area contributed by atoms with Gasteiger partial charge in [0.1, 0.15) is 16.2 Å². The van der Waals surface area contributed by atoms with E-state index in [0.717, 1.165) is 20.8 Å². The van der Waals surface area contributed by atoms with Crippen molar-refractivity contribution < 1.29 is 9.59 Å². The van der Waals surface area contributed by atoms with Crippen molar-refractivity contribution in [2.24, 2.45) is 0 Å². The number of rotatable bonds is 6. The lowest BCUT2D eigenvalue weighted by atomic mass is 10.2. The zero-order chi connectivity index (χ0) is 19.4. The molecule has 0 spiro atoms. The Morgan fingerprint density at radius 3 is 2.63 bits per heavy atom. The van der Waals surface area contributed by atoms with Crippen LogP contribution in [0.2, 0.25) is 5.02 Å². The summed E-state index contributed by atoms with van der Waals surface area (Å²) in [6.07, 6.45) is 1.51. The molecule has 2 heterocycles. The van der Waals surface area contributed by atoms with E-state index in [4.69, 9.17) is 11.6 Å². The molecule has 1 aromatic carbocycles. The van der Waals surface area contributed by atoms with Gasteiger partial charge in [-0.25, -0.2) is 9.97 Å². The lowest BCUT2D eigenvalue weighted by Crippen LogP contribution is -2.33. The van der Waals surface area contributed by atoms with E-state index in [2.05, 4.69) is 20.6 Å². The number of nitrogens with zero attached hydrogens (tertiary/aromatic N) is 2. The third kappa shape index (κ3) is 4.97. The van der Waals surface area contributed by atoms with Crippen LogP contribution in [0.3, 0.4) is 0 Å². The molecule has 2 amide bonds. The van der Waals surface area contributed by atoms with E-state index < -0.39 is 0 Å². The van der Waals surface area contributed by atoms with Crippen LogP contribution >= 0.6 is 34.7 Å². The molecule has 9 heteroatoms. The van der Waals surface area contributed by atoms with Crippen LogP contribution in [0, 0.1) is 13.8 Å². The smallest absolute Gasteiger partial charge is 0.243 e. The Morgan fingerprint density at radius 2 is 1.89 bits per heavy atom. The second-order valence-electron chi connectivity index (χ2n) is 5.76. The van der Waals surface area contributed by atoms with Crippen LogP contribution in [0.25, 0.3) is 10.2 Å². The third-order valence-corrected chi connectivity index (χ3v) is 6.20. The molecule has 6 nitrogen and oxygen atoms in total. The normalized spacial score (nSPS) is 10.8. The highest BCUT2D eigenvalue weighted by Crippen LogP contribution is 2.34. The van der Waals surface area contributed by atoms with Gasteiger partial charge in [0.2, 0.25) is 11.8 Å². The molecule has 2 aromatic heterocycles. The zero-order valence-electron chi connectivity index (χ0n) is 14.7. The van der Waals surface area contributed by atoms with Crippen molar-refractivity contribution in [2.45, 2.75) is 18.9 Å². The number of thioether (sulfide) groups is 1. The maximum absolute atomic E-state index is 12.1. The third-order valence-electron chi connectivity index (χ3n) is 3.84. The first-order valence-corrected chi connectivity index (χ1v) is 10.3. The molecule has 0 aliphatic carbocycles. The van der Waals surface area contributed by atoms with Crippen molar-refractivity contribution in [2.75, 3.05) is 17.6 Å². The van der Waals surface area contributed by atoms with Gasteiger partial charge in [-0.3, -0.25) is 9.59 Å². The number of amides is 2. The first-order valence-electron chi connectivity index (χ1n) is 8.09. The average Bonchev–Trinajstić information content (AvgIpc) is 2.95. The number of aryl methyl sites for hydroxylation is 2. The summed E-state index contributed by atoms with van der Waals surface area (Å²) in [5, 5.41) is 7.68. The van der Waals surface area contributed by atoms with Crippen LogP contribution in [0.15, 0.2) is 35.6 Å². The summed E-state index contributed by atoms with van der Waals surface area (Å²) < 4.78 is 0. The number of anilines is 1. The Labute approximate surface area is 169 Å². The standard InChI is InChI=1S/C18H17ClN4O2S2/c1-10-11(2)27-18-16(10)17(21-9-22-18)26-8-15(25)20-7-14(24)23-13-5-3-12(19)4-6-13/h3-6,9H,7-8H2,1-2H3,(H,20,25)(H,23,24). The molecule has 0 bridgehead atoms. The number of benzene rings is 1. The predicted octanol–water partition coefficient (Wildman–Crippen LogP) is 3.81. The van der Waals surface area contributed by atoms with Crippen LogP contribution < -0.4 is 10.6 Å². The van der Waals surface area contributed by atoms with Gasteiger partial charge < -0.3 is 10.6 Å². The quantitative estimate of drug-likeness (QED) is 0.468. The van der Waals surface area contributed by atoms with E-state index in [-0.39, 0.29) is 24.1 Å². The lowest BCUT2D eigenvalue weighted by molar-refractivity contribution is -0.122. The fourth-order valence-corrected chi connectivity index (χ4v) is 4.43. The Balaban J connectivity index is 1.51. The van der Waals surface area contributed by atoms with Gasteiger partial charge in [-0.1, -0.05) is 23.4 Å². The lowest BCUT2D eigenvalue weighted by Gasteiger charge is -2.07. The second kappa shape index (κ2) is 8.69. The molecule has 0 unspecified atom stereocenters. The molecule has 2 N–H and O–H groups in total. The summed E-state index contributed by atoms with van der Waals surface area (Å²) in [5.74, 6) is -0.360.